The molecule has 1 aromatic carbocycles. The Morgan fingerprint density at radius 2 is 2.04 bits per heavy atom. The van der Waals surface area contributed by atoms with Gasteiger partial charge in [0.15, 0.2) is 5.82 Å². The van der Waals surface area contributed by atoms with E-state index in [1.807, 2.05) is 29.6 Å². The molecule has 3 heterocycles. The molecule has 2 aliphatic rings. The summed E-state index contributed by atoms with van der Waals surface area (Å²) in [6, 6.07) is 3.60. The van der Waals surface area contributed by atoms with Gasteiger partial charge < -0.3 is 9.80 Å². The van der Waals surface area contributed by atoms with Gasteiger partial charge in [0.1, 0.15) is 0 Å². The number of alkyl halides is 2. The van der Waals surface area contributed by atoms with Gasteiger partial charge in [0, 0.05) is 56.0 Å². The van der Waals surface area contributed by atoms with Crippen LogP contribution in [0.15, 0.2) is 12.1 Å². The first-order valence-corrected chi connectivity index (χ1v) is 9.92. The molecule has 150 valence electrons. The van der Waals surface area contributed by atoms with E-state index in [1.165, 1.54) is 0 Å². The van der Waals surface area contributed by atoms with E-state index in [4.69, 9.17) is 5.10 Å². The van der Waals surface area contributed by atoms with Crippen LogP contribution in [0.2, 0.25) is 0 Å². The predicted molar refractivity (Wildman–Crippen MR) is 104 cm³/mol. The number of amides is 1. The molecule has 2 aromatic rings. The van der Waals surface area contributed by atoms with Crippen LogP contribution in [-0.4, -0.2) is 33.7 Å². The lowest BCUT2D eigenvalue weighted by molar-refractivity contribution is -0.129. The fourth-order valence-corrected chi connectivity index (χ4v) is 4.49. The van der Waals surface area contributed by atoms with Crippen molar-refractivity contribution in [1.29, 1.82) is 0 Å². The van der Waals surface area contributed by atoms with Crippen LogP contribution in [0.1, 0.15) is 54.6 Å². The van der Waals surface area contributed by atoms with Gasteiger partial charge in [-0.15, -0.1) is 0 Å². The van der Waals surface area contributed by atoms with E-state index < -0.39 is 6.43 Å². The highest BCUT2D eigenvalue weighted by Crippen LogP contribution is 2.40. The maximum Gasteiger partial charge on any atom is 0.264 e. The van der Waals surface area contributed by atoms with Gasteiger partial charge in [-0.3, -0.25) is 9.48 Å². The summed E-state index contributed by atoms with van der Waals surface area (Å²) in [5.41, 5.74) is 4.93. The number of rotatable bonds is 3. The van der Waals surface area contributed by atoms with E-state index >= 15 is 0 Å². The molecule has 1 aromatic heterocycles. The van der Waals surface area contributed by atoms with Crippen LogP contribution in [0.5, 0.6) is 0 Å². The summed E-state index contributed by atoms with van der Waals surface area (Å²) in [4.78, 5) is 15.8. The lowest BCUT2D eigenvalue weighted by Gasteiger charge is -2.33. The van der Waals surface area contributed by atoms with Crippen LogP contribution in [0.4, 0.5) is 20.3 Å². The van der Waals surface area contributed by atoms with Crippen LogP contribution in [0.25, 0.3) is 0 Å². The summed E-state index contributed by atoms with van der Waals surface area (Å²) in [7, 11) is 1.92. The van der Waals surface area contributed by atoms with E-state index in [0.29, 0.717) is 19.5 Å². The van der Waals surface area contributed by atoms with Gasteiger partial charge in [0.05, 0.1) is 6.54 Å². The van der Waals surface area contributed by atoms with Crippen molar-refractivity contribution in [3.63, 3.8) is 0 Å². The zero-order valence-corrected chi connectivity index (χ0v) is 16.6. The van der Waals surface area contributed by atoms with Crippen molar-refractivity contribution in [2.45, 2.75) is 52.5 Å². The number of aromatic nitrogens is 2. The van der Waals surface area contributed by atoms with Crippen molar-refractivity contribution >= 4 is 17.4 Å². The largest absolute Gasteiger partial charge is 0.338 e. The molecule has 0 fully saturated rings. The SMILES string of the molecule is CCc1cc2c(cc1C(F)F)N(c1nn(C)c3c1CN(C(C)=O)CC3)CCC2. The molecule has 28 heavy (non-hydrogen) atoms. The first kappa shape index (κ1) is 18.9. The number of nitrogens with zero attached hydrogens (tertiary/aromatic N) is 4. The van der Waals surface area contributed by atoms with Gasteiger partial charge in [-0.1, -0.05) is 13.0 Å². The van der Waals surface area contributed by atoms with E-state index in [1.54, 1.807) is 13.0 Å². The van der Waals surface area contributed by atoms with Crippen LogP contribution in [-0.2, 0) is 37.6 Å². The van der Waals surface area contributed by atoms with Crippen molar-refractivity contribution in [1.82, 2.24) is 14.7 Å². The second-order valence-corrected chi connectivity index (χ2v) is 7.65. The topological polar surface area (TPSA) is 41.4 Å². The Balaban J connectivity index is 1.81. The summed E-state index contributed by atoms with van der Waals surface area (Å²) in [5, 5.41) is 4.74. The number of fused-ring (bicyclic) bond motifs is 2. The molecular weight excluding hydrogens is 362 g/mol. The number of aryl methyl sites for hydroxylation is 3. The molecule has 0 unspecified atom stereocenters. The Bertz CT molecular complexity index is 922. The summed E-state index contributed by atoms with van der Waals surface area (Å²) in [6.45, 7) is 5.45. The lowest BCUT2D eigenvalue weighted by Crippen LogP contribution is -2.35. The van der Waals surface area contributed by atoms with Crippen LogP contribution in [0, 0.1) is 0 Å². The first-order valence-electron chi connectivity index (χ1n) is 9.92. The molecular formula is C21H26F2N4O. The number of anilines is 2. The highest BCUT2D eigenvalue weighted by Gasteiger charge is 2.31. The zero-order valence-electron chi connectivity index (χ0n) is 16.6. The fourth-order valence-electron chi connectivity index (χ4n) is 4.49. The van der Waals surface area contributed by atoms with Gasteiger partial charge in [-0.25, -0.2) is 8.78 Å². The van der Waals surface area contributed by atoms with Crippen molar-refractivity contribution in [2.75, 3.05) is 18.0 Å². The Kier molecular flexibility index (Phi) is 4.85. The molecule has 0 atom stereocenters. The molecule has 5 nitrogen and oxygen atoms in total. The summed E-state index contributed by atoms with van der Waals surface area (Å²) < 4.78 is 29.2. The standard InChI is InChI=1S/C21H26F2N4O/c1-4-14-10-15-6-5-8-27(19(15)11-16(14)20(22)23)21-17-12-26(13(2)28)9-7-18(17)25(3)24-21/h10-11,20H,4-9,12H2,1-3H3. The lowest BCUT2D eigenvalue weighted by atomic mass is 9.94. The predicted octanol–water partition coefficient (Wildman–Crippen LogP) is 3.91. The molecule has 4 rings (SSSR count). The monoisotopic (exact) mass is 388 g/mol. The highest BCUT2D eigenvalue weighted by molar-refractivity contribution is 5.75. The van der Waals surface area contributed by atoms with Crippen LogP contribution < -0.4 is 4.90 Å². The van der Waals surface area contributed by atoms with E-state index in [0.717, 1.165) is 59.7 Å². The Labute approximate surface area is 163 Å². The summed E-state index contributed by atoms with van der Waals surface area (Å²) in [6.07, 6.45) is 0.702. The molecule has 2 aliphatic heterocycles. The minimum absolute atomic E-state index is 0.0482. The number of carbonyl (C=O) groups is 1. The van der Waals surface area contributed by atoms with Crippen LogP contribution >= 0.6 is 0 Å². The normalized spacial score (nSPS) is 16.4. The van der Waals surface area contributed by atoms with Crippen LogP contribution in [0.3, 0.4) is 0 Å². The number of benzene rings is 1. The van der Waals surface area contributed by atoms with Gasteiger partial charge >= 0.3 is 0 Å². The van der Waals surface area contributed by atoms with Gasteiger partial charge in [0.25, 0.3) is 6.43 Å². The minimum atomic E-state index is -2.49. The van der Waals surface area contributed by atoms with Gasteiger partial charge in [0.2, 0.25) is 5.91 Å². The third-order valence-corrected chi connectivity index (χ3v) is 6.00. The number of halogens is 2. The maximum atomic E-state index is 13.6. The van der Waals surface area contributed by atoms with Gasteiger partial charge in [-0.05, 0) is 36.5 Å². The van der Waals surface area contributed by atoms with E-state index in [2.05, 4.69) is 4.90 Å². The molecule has 7 heteroatoms. The second-order valence-electron chi connectivity index (χ2n) is 7.65. The quantitative estimate of drug-likeness (QED) is 0.801. The van der Waals surface area contributed by atoms with Crippen molar-refractivity contribution in [3.05, 3.63) is 40.1 Å². The Morgan fingerprint density at radius 1 is 1.25 bits per heavy atom. The molecule has 1 amide bonds. The van der Waals surface area contributed by atoms with Crippen molar-refractivity contribution in [3.8, 4) is 0 Å². The minimum Gasteiger partial charge on any atom is -0.338 e. The second kappa shape index (κ2) is 7.18. The van der Waals surface area contributed by atoms with E-state index in [9.17, 15) is 13.6 Å². The van der Waals surface area contributed by atoms with Crippen molar-refractivity contribution in [2.24, 2.45) is 7.05 Å². The fraction of sp³-hybridized carbons (Fsp3) is 0.524. The highest BCUT2D eigenvalue weighted by atomic mass is 19.3. The molecule has 0 radical (unpaired) electrons. The smallest absolute Gasteiger partial charge is 0.264 e. The molecule has 0 bridgehead atoms. The van der Waals surface area contributed by atoms with E-state index in [-0.39, 0.29) is 11.5 Å². The first-order chi connectivity index (χ1) is 13.4. The average Bonchev–Trinajstić information content (AvgIpc) is 3.02. The molecule has 0 spiro atoms. The zero-order chi connectivity index (χ0) is 20.0. The average molecular weight is 388 g/mol. The Hall–Kier alpha value is -2.44. The summed E-state index contributed by atoms with van der Waals surface area (Å²) >= 11 is 0. The molecule has 0 saturated carbocycles. The maximum absolute atomic E-state index is 13.6. The van der Waals surface area contributed by atoms with Gasteiger partial charge in [-0.2, -0.15) is 5.10 Å². The number of carbonyl (C=O) groups excluding carboxylic acids is 1. The Morgan fingerprint density at radius 3 is 2.71 bits per heavy atom. The third kappa shape index (κ3) is 3.06. The molecule has 0 N–H and O–H groups in total. The molecule has 0 saturated heterocycles. The van der Waals surface area contributed by atoms with Crippen molar-refractivity contribution < 1.29 is 13.6 Å². The number of hydrogen-bond acceptors (Lipinski definition) is 3. The summed E-state index contributed by atoms with van der Waals surface area (Å²) in [5.74, 6) is 0.848. The molecule has 0 aliphatic carbocycles. The third-order valence-electron chi connectivity index (χ3n) is 6.00. The number of hydrogen-bond donors (Lipinski definition) is 0.